The van der Waals surface area contributed by atoms with Gasteiger partial charge in [0.1, 0.15) is 0 Å². The van der Waals surface area contributed by atoms with E-state index in [0.29, 0.717) is 17.8 Å². The van der Waals surface area contributed by atoms with Gasteiger partial charge in [-0.25, -0.2) is 0 Å². The molecule has 2 rings (SSSR count). The number of carbonyl (C=O) groups is 2. The Morgan fingerprint density at radius 1 is 1.38 bits per heavy atom. The Morgan fingerprint density at radius 2 is 2.19 bits per heavy atom. The maximum absolute atomic E-state index is 12.1. The van der Waals surface area contributed by atoms with Crippen LogP contribution in [-0.4, -0.2) is 35.9 Å². The summed E-state index contributed by atoms with van der Waals surface area (Å²) >= 11 is 5.23. The number of hydrogen-bond acceptors (Lipinski definition) is 4. The minimum Gasteiger partial charge on any atom is -0.325 e. The lowest BCUT2D eigenvalue weighted by molar-refractivity contribution is -0.116. The van der Waals surface area contributed by atoms with Crippen molar-refractivity contribution in [2.45, 2.75) is 19.4 Å². The van der Waals surface area contributed by atoms with Gasteiger partial charge >= 0.3 is 0 Å². The fraction of sp³-hybridized carbons (Fsp3) is 0.429. The first kappa shape index (κ1) is 16.3. The van der Waals surface area contributed by atoms with Crippen LogP contribution in [-0.2, 0) is 9.59 Å². The summed E-state index contributed by atoms with van der Waals surface area (Å²) in [5.41, 5.74) is 1.21. The minimum absolute atomic E-state index is 0.0558. The van der Waals surface area contributed by atoms with E-state index in [0.717, 1.165) is 22.5 Å². The van der Waals surface area contributed by atoms with Crippen LogP contribution in [0.4, 0.5) is 11.4 Å². The highest BCUT2D eigenvalue weighted by molar-refractivity contribution is 9.10. The molecule has 1 aromatic carbocycles. The maximum atomic E-state index is 12.1. The Bertz CT molecular complexity index is 533. The number of amides is 2. The van der Waals surface area contributed by atoms with Gasteiger partial charge < -0.3 is 16.0 Å². The highest BCUT2D eigenvalue weighted by atomic mass is 79.9. The molecule has 1 aromatic rings. The maximum Gasteiger partial charge on any atom is 0.226 e. The molecular weight excluding hydrogens is 354 g/mol. The second-order valence-electron chi connectivity index (χ2n) is 4.85. The van der Waals surface area contributed by atoms with Gasteiger partial charge in [-0.15, -0.1) is 0 Å². The molecule has 0 aromatic heterocycles. The molecular formula is C14H18BrN3O2S. The molecule has 1 saturated heterocycles. The Kier molecular flexibility index (Phi) is 6.08. The second kappa shape index (κ2) is 7.82. The molecule has 0 radical (unpaired) electrons. The number of hydrogen-bond donors (Lipinski definition) is 3. The summed E-state index contributed by atoms with van der Waals surface area (Å²) in [7, 11) is 0. The van der Waals surface area contributed by atoms with Crippen molar-refractivity contribution in [2.75, 3.05) is 28.7 Å². The topological polar surface area (TPSA) is 70.2 Å². The van der Waals surface area contributed by atoms with Crippen LogP contribution in [0.15, 0.2) is 22.7 Å². The van der Waals surface area contributed by atoms with E-state index < -0.39 is 0 Å². The predicted molar refractivity (Wildman–Crippen MR) is 90.8 cm³/mol. The standard InChI is InChI=1S/C14H18BrN3O2S/c1-9(19)17-12-3-2-10(15)6-13(12)18-14(20)7-11-8-21-5-4-16-11/h2-3,6,11,16H,4-5,7-8H2,1H3,(H,17,19)(H,18,20). The van der Waals surface area contributed by atoms with Crippen LogP contribution in [0.3, 0.4) is 0 Å². The van der Waals surface area contributed by atoms with Gasteiger partial charge in [0.15, 0.2) is 0 Å². The van der Waals surface area contributed by atoms with Crippen molar-refractivity contribution in [1.82, 2.24) is 5.32 Å². The highest BCUT2D eigenvalue weighted by Crippen LogP contribution is 2.26. The van der Waals surface area contributed by atoms with E-state index in [1.54, 1.807) is 12.1 Å². The van der Waals surface area contributed by atoms with Gasteiger partial charge in [-0.1, -0.05) is 15.9 Å². The average Bonchev–Trinajstić information content (AvgIpc) is 2.42. The molecule has 0 aliphatic carbocycles. The van der Waals surface area contributed by atoms with Crippen molar-refractivity contribution < 1.29 is 9.59 Å². The fourth-order valence-corrected chi connectivity index (χ4v) is 3.40. The zero-order valence-corrected chi connectivity index (χ0v) is 14.1. The number of benzene rings is 1. The molecule has 1 heterocycles. The molecule has 1 atom stereocenters. The number of anilines is 2. The second-order valence-corrected chi connectivity index (χ2v) is 6.91. The van der Waals surface area contributed by atoms with Crippen LogP contribution in [0.1, 0.15) is 13.3 Å². The Labute approximate surface area is 136 Å². The fourth-order valence-electron chi connectivity index (χ4n) is 2.09. The van der Waals surface area contributed by atoms with E-state index in [2.05, 4.69) is 31.9 Å². The number of nitrogens with one attached hydrogen (secondary N) is 3. The Morgan fingerprint density at radius 3 is 2.86 bits per heavy atom. The Hall–Kier alpha value is -1.05. The van der Waals surface area contributed by atoms with E-state index in [9.17, 15) is 9.59 Å². The van der Waals surface area contributed by atoms with E-state index in [1.165, 1.54) is 6.92 Å². The molecule has 1 unspecified atom stereocenters. The summed E-state index contributed by atoms with van der Waals surface area (Å²) in [6, 6.07) is 5.57. The van der Waals surface area contributed by atoms with Crippen molar-refractivity contribution in [3.63, 3.8) is 0 Å². The molecule has 114 valence electrons. The van der Waals surface area contributed by atoms with Crippen molar-refractivity contribution in [1.29, 1.82) is 0 Å². The number of carbonyl (C=O) groups excluding carboxylic acids is 2. The summed E-state index contributed by atoms with van der Waals surface area (Å²) < 4.78 is 0.846. The first-order chi connectivity index (χ1) is 10.0. The molecule has 2 amide bonds. The van der Waals surface area contributed by atoms with E-state index in [4.69, 9.17) is 0 Å². The van der Waals surface area contributed by atoms with E-state index in [1.807, 2.05) is 17.8 Å². The van der Waals surface area contributed by atoms with Crippen molar-refractivity contribution >= 4 is 50.9 Å². The lowest BCUT2D eigenvalue weighted by Gasteiger charge is -2.22. The normalized spacial score (nSPS) is 18.1. The van der Waals surface area contributed by atoms with Gasteiger partial charge in [-0.2, -0.15) is 11.8 Å². The quantitative estimate of drug-likeness (QED) is 0.760. The smallest absolute Gasteiger partial charge is 0.226 e. The van der Waals surface area contributed by atoms with Crippen LogP contribution >= 0.6 is 27.7 Å². The third-order valence-corrected chi connectivity index (χ3v) is 4.62. The van der Waals surface area contributed by atoms with Gasteiger partial charge in [0.2, 0.25) is 11.8 Å². The molecule has 0 spiro atoms. The number of thioether (sulfide) groups is 1. The highest BCUT2D eigenvalue weighted by Gasteiger charge is 2.17. The molecule has 1 fully saturated rings. The van der Waals surface area contributed by atoms with Gasteiger partial charge in [0.25, 0.3) is 0 Å². The molecule has 0 saturated carbocycles. The third kappa shape index (κ3) is 5.33. The van der Waals surface area contributed by atoms with Crippen LogP contribution in [0.5, 0.6) is 0 Å². The average molecular weight is 372 g/mol. The number of halogens is 1. The molecule has 3 N–H and O–H groups in total. The lowest BCUT2D eigenvalue weighted by atomic mass is 10.2. The van der Waals surface area contributed by atoms with Gasteiger partial charge in [0, 0.05) is 41.9 Å². The molecule has 1 aliphatic heterocycles. The van der Waals surface area contributed by atoms with E-state index >= 15 is 0 Å². The monoisotopic (exact) mass is 371 g/mol. The summed E-state index contributed by atoms with van der Waals surface area (Å²) in [6.07, 6.45) is 0.430. The van der Waals surface area contributed by atoms with Crippen LogP contribution in [0, 0.1) is 0 Å². The van der Waals surface area contributed by atoms with Gasteiger partial charge in [-0.05, 0) is 18.2 Å². The van der Waals surface area contributed by atoms with Crippen molar-refractivity contribution in [3.05, 3.63) is 22.7 Å². The summed E-state index contributed by atoms with van der Waals surface area (Å²) in [5.74, 6) is 1.82. The summed E-state index contributed by atoms with van der Waals surface area (Å²) in [4.78, 5) is 23.3. The predicted octanol–water partition coefficient (Wildman–Crippen LogP) is 2.44. The Balaban J connectivity index is 2.01. The first-order valence-corrected chi connectivity index (χ1v) is 8.67. The molecule has 5 nitrogen and oxygen atoms in total. The van der Waals surface area contributed by atoms with Crippen LogP contribution in [0.25, 0.3) is 0 Å². The van der Waals surface area contributed by atoms with Crippen LogP contribution in [0.2, 0.25) is 0 Å². The van der Waals surface area contributed by atoms with Gasteiger partial charge in [-0.3, -0.25) is 9.59 Å². The first-order valence-electron chi connectivity index (χ1n) is 6.72. The molecule has 0 bridgehead atoms. The van der Waals surface area contributed by atoms with Crippen molar-refractivity contribution in [2.24, 2.45) is 0 Å². The summed E-state index contributed by atoms with van der Waals surface area (Å²) in [5, 5.41) is 8.92. The zero-order chi connectivity index (χ0) is 15.2. The zero-order valence-electron chi connectivity index (χ0n) is 11.7. The van der Waals surface area contributed by atoms with Crippen molar-refractivity contribution in [3.8, 4) is 0 Å². The molecule has 1 aliphatic rings. The lowest BCUT2D eigenvalue weighted by Crippen LogP contribution is -2.39. The number of rotatable bonds is 4. The van der Waals surface area contributed by atoms with Gasteiger partial charge in [0.05, 0.1) is 11.4 Å². The SMILES string of the molecule is CC(=O)Nc1ccc(Br)cc1NC(=O)CC1CSCCN1. The third-order valence-electron chi connectivity index (χ3n) is 3.00. The minimum atomic E-state index is -0.168. The molecule has 7 heteroatoms. The summed E-state index contributed by atoms with van der Waals surface area (Å²) in [6.45, 7) is 2.38. The van der Waals surface area contributed by atoms with E-state index in [-0.39, 0.29) is 17.9 Å². The molecule has 21 heavy (non-hydrogen) atoms. The largest absolute Gasteiger partial charge is 0.325 e. The van der Waals surface area contributed by atoms with Crippen LogP contribution < -0.4 is 16.0 Å².